The van der Waals surface area contributed by atoms with Crippen LogP contribution in [0.3, 0.4) is 0 Å². The monoisotopic (exact) mass is 654 g/mol. The van der Waals surface area contributed by atoms with Gasteiger partial charge in [-0.15, -0.1) is 5.11 Å². The number of para-hydroxylation sites is 2. The fourth-order valence-electron chi connectivity index (χ4n) is 6.89. The average molecular weight is 653 g/mol. The van der Waals surface area contributed by atoms with Crippen molar-refractivity contribution in [1.29, 1.82) is 0 Å². The lowest BCUT2D eigenvalue weighted by Gasteiger charge is -2.39. The van der Waals surface area contributed by atoms with Gasteiger partial charge < -0.3 is 30.6 Å². The lowest BCUT2D eigenvalue weighted by atomic mass is 9.23. The molecule has 0 aliphatic rings. The summed E-state index contributed by atoms with van der Waals surface area (Å²) in [7, 11) is 14.3. The fourth-order valence-corrected chi connectivity index (χ4v) is 6.89. The van der Waals surface area contributed by atoms with Gasteiger partial charge in [-0.3, -0.25) is 4.57 Å². The summed E-state index contributed by atoms with van der Waals surface area (Å²) in [5.74, 6) is -2.53. The summed E-state index contributed by atoms with van der Waals surface area (Å²) in [6.07, 6.45) is 0. The van der Waals surface area contributed by atoms with Crippen molar-refractivity contribution < 1.29 is 30.6 Å². The second-order valence-corrected chi connectivity index (χ2v) is 14.6. The first kappa shape index (κ1) is 33.1. The second-order valence-electron chi connectivity index (χ2n) is 14.6. The number of phenols is 6. The van der Waals surface area contributed by atoms with Gasteiger partial charge in [0.05, 0.1) is 34.6 Å². The number of aromatic nitrogens is 2. The Kier molecular flexibility index (Phi) is 7.48. The Bertz CT molecular complexity index is 2450. The molecular formula is C35H33B7N2O6. The molecule has 50 heavy (non-hydrogen) atoms. The number of benzene rings is 6. The third kappa shape index (κ3) is 4.59. The molecule has 1 aromatic heterocycles. The van der Waals surface area contributed by atoms with E-state index in [0.717, 1.165) is 22.5 Å². The van der Waals surface area contributed by atoms with Gasteiger partial charge in [0.15, 0.2) is 11.5 Å². The van der Waals surface area contributed by atoms with Crippen LogP contribution in [0.5, 0.6) is 34.5 Å². The number of phenolic OH excluding ortho intramolecular Hbond substituents is 6. The van der Waals surface area contributed by atoms with E-state index in [1.165, 1.54) is 0 Å². The van der Waals surface area contributed by atoms with E-state index in [2.05, 4.69) is 43.8 Å². The second kappa shape index (κ2) is 11.3. The van der Waals surface area contributed by atoms with Crippen molar-refractivity contribution in [2.45, 2.75) is 10.3 Å². The smallest absolute Gasteiger partial charge is 0.204 e. The maximum atomic E-state index is 11.9. The number of aromatic hydroxyl groups is 6. The van der Waals surface area contributed by atoms with Crippen molar-refractivity contribution >= 4 is 98.4 Å². The number of hydrogen-bond donors (Lipinski definition) is 6. The molecule has 7 aromatic rings. The van der Waals surface area contributed by atoms with Crippen molar-refractivity contribution in [2.24, 2.45) is 0 Å². The molecule has 8 nitrogen and oxygen atoms in total. The molecule has 0 fully saturated rings. The molecule has 0 atom stereocenters. The Hall–Kier alpha value is -5.44. The number of imidazole rings is 1. The Labute approximate surface area is 295 Å². The Balaban J connectivity index is 1.62. The van der Waals surface area contributed by atoms with Crippen LogP contribution in [0.4, 0.5) is 0 Å². The molecule has 7 rings (SSSR count). The van der Waals surface area contributed by atoms with Crippen LogP contribution in [-0.2, 0) is 5.21 Å². The van der Waals surface area contributed by atoms with Crippen LogP contribution in [-0.4, -0.2) is 95.1 Å². The Morgan fingerprint density at radius 3 is 1.44 bits per heavy atom. The van der Waals surface area contributed by atoms with E-state index in [9.17, 15) is 30.6 Å². The van der Waals surface area contributed by atoms with E-state index in [1.807, 2.05) is 54.6 Å². The van der Waals surface area contributed by atoms with Gasteiger partial charge in [0.25, 0.3) is 0 Å². The van der Waals surface area contributed by atoms with E-state index in [4.69, 9.17) is 4.98 Å². The van der Waals surface area contributed by atoms with Crippen molar-refractivity contribution in [3.63, 3.8) is 0 Å². The molecule has 0 radical (unpaired) electrons. The minimum Gasteiger partial charge on any atom is -0.508 e. The summed E-state index contributed by atoms with van der Waals surface area (Å²) in [6.45, 7) is 0. The van der Waals surface area contributed by atoms with Gasteiger partial charge in [0, 0.05) is 38.4 Å². The molecule has 0 aliphatic carbocycles. The van der Waals surface area contributed by atoms with Gasteiger partial charge in [-0.05, 0) is 51.5 Å². The van der Waals surface area contributed by atoms with Gasteiger partial charge in [0.1, 0.15) is 48.7 Å². The maximum Gasteiger partial charge on any atom is 0.204 e. The number of hydrogen-bond acceptors (Lipinski definition) is 7. The summed E-state index contributed by atoms with van der Waals surface area (Å²) in [4.78, 5) is 5.10. The zero-order valence-corrected chi connectivity index (χ0v) is 29.1. The zero-order chi connectivity index (χ0) is 36.0. The van der Waals surface area contributed by atoms with Crippen LogP contribution < -0.4 is 10.9 Å². The Morgan fingerprint density at radius 1 is 0.500 bits per heavy atom. The van der Waals surface area contributed by atoms with Crippen molar-refractivity contribution in [3.8, 4) is 62.4 Å². The van der Waals surface area contributed by atoms with Gasteiger partial charge in [-0.1, -0.05) is 54.6 Å². The van der Waals surface area contributed by atoms with Gasteiger partial charge >= 0.3 is 0 Å². The van der Waals surface area contributed by atoms with E-state index in [1.54, 1.807) is 40.0 Å². The molecule has 0 aliphatic heterocycles. The first-order valence-corrected chi connectivity index (χ1v) is 16.5. The van der Waals surface area contributed by atoms with Crippen molar-refractivity contribution in [1.82, 2.24) is 9.55 Å². The van der Waals surface area contributed by atoms with Crippen LogP contribution in [0, 0.1) is 0 Å². The predicted molar refractivity (Wildman–Crippen MR) is 220 cm³/mol. The molecule has 6 N–H and O–H groups in total. The summed E-state index contributed by atoms with van der Waals surface area (Å²) >= 11 is 0. The molecule has 0 amide bonds. The first-order valence-electron chi connectivity index (χ1n) is 16.5. The molecule has 0 saturated heterocycles. The molecule has 0 spiro atoms. The summed E-state index contributed by atoms with van der Waals surface area (Å²) in [5, 5.41) is 68.4. The van der Waals surface area contributed by atoms with Crippen molar-refractivity contribution in [2.75, 3.05) is 0 Å². The third-order valence-corrected chi connectivity index (χ3v) is 10.9. The highest BCUT2D eigenvalue weighted by atomic mass is 16.3. The zero-order valence-electron chi connectivity index (χ0n) is 29.1. The SMILES string of the molecule is Bc1c(B)c(O)c2c(-c3ccc(-n4c(C(B)(B)C(B)(B)B)nc5ccccc54)cc3)c3c(O)c(O)c(O)c(O)c3c(-c3ccccc3)c2c1O. The van der Waals surface area contributed by atoms with Crippen LogP contribution in [0.15, 0.2) is 78.9 Å². The Morgan fingerprint density at radius 2 is 0.940 bits per heavy atom. The van der Waals surface area contributed by atoms with E-state index < -0.39 is 23.0 Å². The highest BCUT2D eigenvalue weighted by molar-refractivity contribution is 6.67. The largest absolute Gasteiger partial charge is 0.508 e. The lowest BCUT2D eigenvalue weighted by molar-refractivity contribution is 0.351. The predicted octanol–water partition coefficient (Wildman–Crippen LogP) is -1.19. The molecule has 0 bridgehead atoms. The molecule has 0 unspecified atom stereocenters. The summed E-state index contributed by atoms with van der Waals surface area (Å²) in [6, 6.07) is 24.4. The van der Waals surface area contributed by atoms with Crippen molar-refractivity contribution in [3.05, 3.63) is 84.7 Å². The maximum absolute atomic E-state index is 11.9. The normalized spacial score (nSPS) is 12.2. The highest BCUT2D eigenvalue weighted by Gasteiger charge is 2.38. The molecule has 0 saturated carbocycles. The fraction of sp³-hybridized carbons (Fsp3) is 0.0571. The number of fused-ring (bicyclic) bond motifs is 3. The van der Waals surface area contributed by atoms with Crippen LogP contribution in [0.25, 0.3) is 60.5 Å². The molecule has 1 heterocycles. The average Bonchev–Trinajstić information content (AvgIpc) is 3.50. The van der Waals surface area contributed by atoms with Gasteiger partial charge in [-0.25, -0.2) is 4.98 Å². The topological polar surface area (TPSA) is 139 Å². The van der Waals surface area contributed by atoms with E-state index in [-0.39, 0.29) is 54.5 Å². The van der Waals surface area contributed by atoms with Crippen LogP contribution in [0.2, 0.25) is 5.11 Å². The third-order valence-electron chi connectivity index (χ3n) is 10.9. The molecule has 15 heteroatoms. The van der Waals surface area contributed by atoms with Crippen LogP contribution in [0.1, 0.15) is 5.82 Å². The number of nitrogens with zero attached hydrogens (tertiary/aromatic N) is 2. The molecule has 6 aromatic carbocycles. The van der Waals surface area contributed by atoms with E-state index >= 15 is 0 Å². The van der Waals surface area contributed by atoms with E-state index in [0.29, 0.717) is 22.1 Å². The summed E-state index contributed by atoms with van der Waals surface area (Å²) < 4.78 is 2.14. The molecule has 240 valence electrons. The minimum absolute atomic E-state index is 0.00232. The van der Waals surface area contributed by atoms with Gasteiger partial charge in [0.2, 0.25) is 11.5 Å². The lowest BCUT2D eigenvalue weighted by Crippen LogP contribution is -2.45. The highest BCUT2D eigenvalue weighted by Crippen LogP contribution is 2.58. The standard InChI is InChI=1S/C35H33B7N2O6/c36-25-26(37)28(46)22-20(24-23(29(47)31(49)32(50)30(24)48)19(21(22)27(25)45)14-6-2-1-3-7-14)15-10-12-16(13-11-15)44-18-9-5-4-8-17(18)43-33(44)34(38,39)35(40,41)42/h1-13,45-50H,36-42H2. The summed E-state index contributed by atoms with van der Waals surface area (Å²) in [5.41, 5.74) is 5.07. The van der Waals surface area contributed by atoms with Gasteiger partial charge in [-0.2, -0.15) is 0 Å². The number of rotatable bonds is 5. The quantitative estimate of drug-likeness (QED) is 0.0595. The molecular weight excluding hydrogens is 620 g/mol. The first-order chi connectivity index (χ1) is 23.6. The van der Waals surface area contributed by atoms with Crippen LogP contribution >= 0.6 is 0 Å². The minimum atomic E-state index is -0.905.